The van der Waals surface area contributed by atoms with E-state index in [1.165, 1.54) is 0 Å². The third-order valence-electron chi connectivity index (χ3n) is 4.29. The van der Waals surface area contributed by atoms with Crippen molar-refractivity contribution in [2.24, 2.45) is 5.41 Å². The van der Waals surface area contributed by atoms with Crippen LogP contribution in [0.3, 0.4) is 0 Å². The maximum absolute atomic E-state index is 12.3. The van der Waals surface area contributed by atoms with Crippen molar-refractivity contribution in [2.75, 3.05) is 13.2 Å². The van der Waals surface area contributed by atoms with Crippen molar-refractivity contribution < 1.29 is 9.90 Å². The molecule has 1 saturated carbocycles. The van der Waals surface area contributed by atoms with Gasteiger partial charge >= 0.3 is 0 Å². The summed E-state index contributed by atoms with van der Waals surface area (Å²) >= 11 is 3.45. The van der Waals surface area contributed by atoms with E-state index in [0.29, 0.717) is 12.1 Å². The second-order valence-corrected chi connectivity index (χ2v) is 6.78. The van der Waals surface area contributed by atoms with Gasteiger partial charge in [0, 0.05) is 23.2 Å². The highest BCUT2D eigenvalue weighted by atomic mass is 79.9. The highest BCUT2D eigenvalue weighted by molar-refractivity contribution is 9.10. The molecule has 2 aromatic carbocycles. The van der Waals surface area contributed by atoms with Crippen molar-refractivity contribution in [2.45, 2.75) is 19.3 Å². The minimum Gasteiger partial charge on any atom is -0.396 e. The predicted octanol–water partition coefficient (Wildman–Crippen LogP) is 3.49. The number of hydrogen-bond acceptors (Lipinski definition) is 2. The molecule has 4 heteroatoms. The van der Waals surface area contributed by atoms with Gasteiger partial charge in [0.25, 0.3) is 5.91 Å². The molecule has 2 N–H and O–H groups in total. The Kier molecular flexibility index (Phi) is 4.00. The number of benzene rings is 2. The van der Waals surface area contributed by atoms with Crippen LogP contribution in [0.2, 0.25) is 0 Å². The summed E-state index contributed by atoms with van der Waals surface area (Å²) in [4.78, 5) is 12.3. The molecule has 3 nitrogen and oxygen atoms in total. The van der Waals surface area contributed by atoms with Crippen LogP contribution in [0.15, 0.2) is 40.9 Å². The van der Waals surface area contributed by atoms with Crippen molar-refractivity contribution in [3.8, 4) is 0 Å². The third kappa shape index (κ3) is 3.27. The fraction of sp³-hybridized carbons (Fsp3) is 0.353. The number of amides is 1. The Hall–Kier alpha value is -1.39. The van der Waals surface area contributed by atoms with Crippen molar-refractivity contribution >= 4 is 32.6 Å². The van der Waals surface area contributed by atoms with Gasteiger partial charge in [0.2, 0.25) is 0 Å². The molecule has 3 rings (SSSR count). The van der Waals surface area contributed by atoms with E-state index in [-0.39, 0.29) is 17.9 Å². The van der Waals surface area contributed by atoms with Gasteiger partial charge in [-0.05, 0) is 59.7 Å². The maximum atomic E-state index is 12.3. The largest absolute Gasteiger partial charge is 0.396 e. The number of nitrogens with one attached hydrogen (secondary N) is 1. The zero-order valence-corrected chi connectivity index (χ0v) is 13.3. The lowest BCUT2D eigenvalue weighted by Gasteiger charge is -2.14. The molecular weight excluding hydrogens is 330 g/mol. The molecule has 0 atom stereocenters. The van der Waals surface area contributed by atoms with Gasteiger partial charge in [0.05, 0.1) is 0 Å². The van der Waals surface area contributed by atoms with E-state index in [0.717, 1.165) is 34.5 Å². The topological polar surface area (TPSA) is 49.3 Å². The molecule has 0 heterocycles. The summed E-state index contributed by atoms with van der Waals surface area (Å²) in [5.74, 6) is -0.0379. The first-order valence-electron chi connectivity index (χ1n) is 7.20. The zero-order chi connectivity index (χ0) is 14.9. The number of carbonyl (C=O) groups excluding carboxylic acids is 1. The highest BCUT2D eigenvalue weighted by Crippen LogP contribution is 2.47. The smallest absolute Gasteiger partial charge is 0.251 e. The highest BCUT2D eigenvalue weighted by Gasteiger charge is 2.41. The lowest BCUT2D eigenvalue weighted by molar-refractivity contribution is 0.0941. The van der Waals surface area contributed by atoms with Crippen LogP contribution in [0.25, 0.3) is 10.8 Å². The predicted molar refractivity (Wildman–Crippen MR) is 87.4 cm³/mol. The quantitative estimate of drug-likeness (QED) is 0.869. The van der Waals surface area contributed by atoms with Crippen LogP contribution < -0.4 is 5.32 Å². The third-order valence-corrected chi connectivity index (χ3v) is 4.78. The normalized spacial score (nSPS) is 15.9. The number of carbonyl (C=O) groups is 1. The molecule has 1 aliphatic carbocycles. The molecule has 1 amide bonds. The Balaban J connectivity index is 1.71. The average Bonchev–Trinajstić information content (AvgIpc) is 3.25. The van der Waals surface area contributed by atoms with Crippen LogP contribution in [-0.4, -0.2) is 24.2 Å². The molecule has 0 unspecified atom stereocenters. The van der Waals surface area contributed by atoms with Crippen LogP contribution in [0.1, 0.15) is 29.6 Å². The van der Waals surface area contributed by atoms with Gasteiger partial charge in [-0.15, -0.1) is 0 Å². The molecule has 0 bridgehead atoms. The van der Waals surface area contributed by atoms with E-state index in [4.69, 9.17) is 5.11 Å². The molecular formula is C17H18BrNO2. The summed E-state index contributed by atoms with van der Waals surface area (Å²) in [7, 11) is 0. The minimum atomic E-state index is -0.0379. The van der Waals surface area contributed by atoms with Crippen LogP contribution in [-0.2, 0) is 0 Å². The molecule has 0 saturated heterocycles. The average molecular weight is 348 g/mol. The molecule has 1 fully saturated rings. The van der Waals surface area contributed by atoms with Gasteiger partial charge in [-0.1, -0.05) is 28.1 Å². The molecule has 2 aromatic rings. The van der Waals surface area contributed by atoms with E-state index in [1.807, 2.05) is 36.4 Å². The van der Waals surface area contributed by atoms with Gasteiger partial charge in [-0.2, -0.15) is 0 Å². The van der Waals surface area contributed by atoms with E-state index >= 15 is 0 Å². The molecule has 21 heavy (non-hydrogen) atoms. The summed E-state index contributed by atoms with van der Waals surface area (Å²) in [6.45, 7) is 0.853. The summed E-state index contributed by atoms with van der Waals surface area (Å²) < 4.78 is 1.03. The van der Waals surface area contributed by atoms with Gasteiger partial charge in [-0.3, -0.25) is 4.79 Å². The monoisotopic (exact) mass is 347 g/mol. The maximum Gasteiger partial charge on any atom is 0.251 e. The number of aliphatic hydroxyl groups excluding tert-OH is 1. The number of hydrogen-bond donors (Lipinski definition) is 2. The van der Waals surface area contributed by atoms with E-state index in [2.05, 4.69) is 21.2 Å². The standard InChI is InChI=1S/C17H18BrNO2/c18-15-4-3-12-9-14(2-1-13(12)10-15)16(21)19-11-17(5-6-17)7-8-20/h1-4,9-10,20H,5-8,11H2,(H,19,21). The minimum absolute atomic E-state index is 0.0379. The summed E-state index contributed by atoms with van der Waals surface area (Å²) in [6, 6.07) is 11.8. The summed E-state index contributed by atoms with van der Waals surface area (Å²) in [5, 5.41) is 14.2. The molecule has 0 aliphatic heterocycles. The fourth-order valence-electron chi connectivity index (χ4n) is 2.66. The second-order valence-electron chi connectivity index (χ2n) is 5.86. The van der Waals surface area contributed by atoms with Crippen LogP contribution in [0, 0.1) is 5.41 Å². The number of halogens is 1. The van der Waals surface area contributed by atoms with Crippen LogP contribution in [0.5, 0.6) is 0 Å². The van der Waals surface area contributed by atoms with Gasteiger partial charge in [0.1, 0.15) is 0 Å². The first-order valence-corrected chi connectivity index (χ1v) is 8.00. The van der Waals surface area contributed by atoms with E-state index < -0.39 is 0 Å². The van der Waals surface area contributed by atoms with Crippen molar-refractivity contribution in [1.29, 1.82) is 0 Å². The van der Waals surface area contributed by atoms with Gasteiger partial charge < -0.3 is 10.4 Å². The summed E-state index contributed by atoms with van der Waals surface area (Å²) in [5.41, 5.74) is 0.830. The number of aliphatic hydroxyl groups is 1. The molecule has 0 spiro atoms. The van der Waals surface area contributed by atoms with Crippen LogP contribution >= 0.6 is 15.9 Å². The van der Waals surface area contributed by atoms with Crippen molar-refractivity contribution in [1.82, 2.24) is 5.32 Å². The Morgan fingerprint density at radius 3 is 2.62 bits per heavy atom. The lowest BCUT2D eigenvalue weighted by atomic mass is 10.0. The molecule has 110 valence electrons. The number of rotatable bonds is 5. The summed E-state index contributed by atoms with van der Waals surface area (Å²) in [6.07, 6.45) is 2.97. The first-order chi connectivity index (χ1) is 10.1. The van der Waals surface area contributed by atoms with Gasteiger partial charge in [-0.25, -0.2) is 0 Å². The molecule has 0 aromatic heterocycles. The Labute approximate surface area is 132 Å². The molecule has 1 aliphatic rings. The Morgan fingerprint density at radius 2 is 1.90 bits per heavy atom. The van der Waals surface area contributed by atoms with Crippen molar-refractivity contribution in [3.63, 3.8) is 0 Å². The Morgan fingerprint density at radius 1 is 1.19 bits per heavy atom. The number of fused-ring (bicyclic) bond motifs is 1. The van der Waals surface area contributed by atoms with E-state index in [1.54, 1.807) is 0 Å². The zero-order valence-electron chi connectivity index (χ0n) is 11.7. The molecule has 0 radical (unpaired) electrons. The van der Waals surface area contributed by atoms with Gasteiger partial charge in [0.15, 0.2) is 0 Å². The second kappa shape index (κ2) is 5.78. The fourth-order valence-corrected chi connectivity index (χ4v) is 3.04. The van der Waals surface area contributed by atoms with Crippen LogP contribution in [0.4, 0.5) is 0 Å². The van der Waals surface area contributed by atoms with E-state index in [9.17, 15) is 4.79 Å². The SMILES string of the molecule is O=C(NCC1(CCO)CC1)c1ccc2cc(Br)ccc2c1. The van der Waals surface area contributed by atoms with Crippen molar-refractivity contribution in [3.05, 3.63) is 46.4 Å². The Bertz CT molecular complexity index is 680. The first kappa shape index (κ1) is 14.5. The lowest BCUT2D eigenvalue weighted by Crippen LogP contribution is -2.30.